The van der Waals surface area contributed by atoms with E-state index in [9.17, 15) is 4.79 Å². The molecule has 4 heteroatoms. The van der Waals surface area contributed by atoms with E-state index in [1.54, 1.807) is 12.4 Å². The van der Waals surface area contributed by atoms with Crippen LogP contribution in [0.25, 0.3) is 22.3 Å². The number of aryl methyl sites for hydroxylation is 2. The van der Waals surface area contributed by atoms with Gasteiger partial charge in [-0.3, -0.25) is 4.79 Å². The Hall–Kier alpha value is -2.36. The molecule has 3 aromatic rings. The van der Waals surface area contributed by atoms with Crippen LogP contribution in [0.5, 0.6) is 0 Å². The highest BCUT2D eigenvalue weighted by atomic mass is 16.1. The Morgan fingerprint density at radius 3 is 2.89 bits per heavy atom. The van der Waals surface area contributed by atoms with Crippen LogP contribution in [0.1, 0.15) is 12.5 Å². The molecule has 0 unspecified atom stereocenters. The van der Waals surface area contributed by atoms with Gasteiger partial charge in [0.2, 0.25) is 5.56 Å². The van der Waals surface area contributed by atoms with Gasteiger partial charge in [0.25, 0.3) is 0 Å². The van der Waals surface area contributed by atoms with Crippen LogP contribution in [-0.4, -0.2) is 14.5 Å². The Morgan fingerprint density at radius 2 is 2.11 bits per heavy atom. The predicted molar refractivity (Wildman–Crippen MR) is 76.1 cm³/mol. The number of benzene rings is 1. The summed E-state index contributed by atoms with van der Waals surface area (Å²) in [5, 5.41) is 0. The molecule has 19 heavy (non-hydrogen) atoms. The molecule has 0 aliphatic heterocycles. The van der Waals surface area contributed by atoms with Gasteiger partial charge in [-0.2, -0.15) is 0 Å². The number of hydrogen-bond acceptors (Lipinski definition) is 2. The fraction of sp³-hybridized carbons (Fsp3) is 0.200. The van der Waals surface area contributed by atoms with Crippen LogP contribution in [0.3, 0.4) is 0 Å². The molecule has 0 saturated heterocycles. The zero-order chi connectivity index (χ0) is 13.4. The van der Waals surface area contributed by atoms with Crippen molar-refractivity contribution in [2.45, 2.75) is 13.3 Å². The summed E-state index contributed by atoms with van der Waals surface area (Å²) in [6.07, 6.45) is 2.68. The minimum absolute atomic E-state index is 0.0756. The summed E-state index contributed by atoms with van der Waals surface area (Å²) in [7, 11) is 1.97. The molecule has 0 spiro atoms. The molecule has 0 amide bonds. The SMILES string of the molecule is CCc1ccc(=O)[nH]c1-c1ccc2c(c1)ncn2C. The minimum Gasteiger partial charge on any atom is -0.334 e. The molecule has 0 atom stereocenters. The van der Waals surface area contributed by atoms with Crippen LogP contribution in [0.15, 0.2) is 41.5 Å². The second kappa shape index (κ2) is 4.39. The molecular formula is C15H15N3O. The number of pyridine rings is 1. The van der Waals surface area contributed by atoms with Gasteiger partial charge < -0.3 is 9.55 Å². The lowest BCUT2D eigenvalue weighted by Gasteiger charge is -2.07. The Bertz CT molecular complexity index is 799. The molecular weight excluding hydrogens is 238 g/mol. The molecule has 3 rings (SSSR count). The van der Waals surface area contributed by atoms with Crippen LogP contribution in [0, 0.1) is 0 Å². The molecule has 0 aliphatic carbocycles. The van der Waals surface area contributed by atoms with E-state index in [0.717, 1.165) is 34.3 Å². The number of aromatic nitrogens is 3. The number of imidazole rings is 1. The molecule has 4 nitrogen and oxygen atoms in total. The minimum atomic E-state index is -0.0756. The first kappa shape index (κ1) is 11.7. The number of H-pyrrole nitrogens is 1. The van der Waals surface area contributed by atoms with Gasteiger partial charge >= 0.3 is 0 Å². The van der Waals surface area contributed by atoms with E-state index in [0.29, 0.717) is 0 Å². The molecule has 1 aromatic carbocycles. The zero-order valence-corrected chi connectivity index (χ0v) is 11.0. The van der Waals surface area contributed by atoms with E-state index < -0.39 is 0 Å². The number of fused-ring (bicyclic) bond motifs is 1. The average Bonchev–Trinajstić information content (AvgIpc) is 2.80. The Labute approximate surface area is 110 Å². The van der Waals surface area contributed by atoms with E-state index in [1.165, 1.54) is 0 Å². The van der Waals surface area contributed by atoms with Crippen molar-refractivity contribution in [3.63, 3.8) is 0 Å². The highest BCUT2D eigenvalue weighted by molar-refractivity contribution is 5.81. The smallest absolute Gasteiger partial charge is 0.248 e. The van der Waals surface area contributed by atoms with Crippen molar-refractivity contribution in [3.8, 4) is 11.3 Å². The Kier molecular flexibility index (Phi) is 2.71. The second-order valence-electron chi connectivity index (χ2n) is 4.64. The summed E-state index contributed by atoms with van der Waals surface area (Å²) in [6.45, 7) is 2.08. The zero-order valence-electron chi connectivity index (χ0n) is 11.0. The van der Waals surface area contributed by atoms with E-state index >= 15 is 0 Å². The van der Waals surface area contributed by atoms with Gasteiger partial charge in [-0.25, -0.2) is 4.98 Å². The van der Waals surface area contributed by atoms with Gasteiger partial charge in [-0.05, 0) is 24.1 Å². The van der Waals surface area contributed by atoms with Crippen LogP contribution < -0.4 is 5.56 Å². The third-order valence-corrected chi connectivity index (χ3v) is 3.40. The maximum Gasteiger partial charge on any atom is 0.248 e. The van der Waals surface area contributed by atoms with Gasteiger partial charge in [0.15, 0.2) is 0 Å². The van der Waals surface area contributed by atoms with Crippen molar-refractivity contribution in [1.29, 1.82) is 0 Å². The average molecular weight is 253 g/mol. The summed E-state index contributed by atoms with van der Waals surface area (Å²) in [4.78, 5) is 18.8. The normalized spacial score (nSPS) is 11.1. The predicted octanol–water partition coefficient (Wildman–Crippen LogP) is 2.49. The number of rotatable bonds is 2. The van der Waals surface area contributed by atoms with Crippen molar-refractivity contribution in [2.75, 3.05) is 0 Å². The molecule has 2 heterocycles. The number of aromatic amines is 1. The van der Waals surface area contributed by atoms with Gasteiger partial charge in [0, 0.05) is 18.7 Å². The Morgan fingerprint density at radius 1 is 1.26 bits per heavy atom. The monoisotopic (exact) mass is 253 g/mol. The molecule has 96 valence electrons. The number of nitrogens with zero attached hydrogens (tertiary/aromatic N) is 2. The van der Waals surface area contributed by atoms with Crippen LogP contribution in [0.2, 0.25) is 0 Å². The molecule has 0 fully saturated rings. The molecule has 1 N–H and O–H groups in total. The molecule has 2 aromatic heterocycles. The first-order chi connectivity index (χ1) is 9.19. The number of nitrogens with one attached hydrogen (secondary N) is 1. The number of hydrogen-bond donors (Lipinski definition) is 1. The first-order valence-corrected chi connectivity index (χ1v) is 6.32. The standard InChI is InChI=1S/C15H15N3O/c1-3-10-5-7-14(19)17-15(10)11-4-6-13-12(8-11)16-9-18(13)2/h4-9H,3H2,1-2H3,(H,17,19). The lowest BCUT2D eigenvalue weighted by atomic mass is 10.0. The van der Waals surface area contributed by atoms with E-state index in [-0.39, 0.29) is 5.56 Å². The van der Waals surface area contributed by atoms with E-state index in [2.05, 4.69) is 16.9 Å². The van der Waals surface area contributed by atoms with Crippen LogP contribution in [-0.2, 0) is 13.5 Å². The fourth-order valence-corrected chi connectivity index (χ4v) is 2.35. The van der Waals surface area contributed by atoms with Crippen molar-refractivity contribution < 1.29 is 0 Å². The first-order valence-electron chi connectivity index (χ1n) is 6.32. The lowest BCUT2D eigenvalue weighted by Crippen LogP contribution is -2.07. The van der Waals surface area contributed by atoms with Gasteiger partial charge in [-0.1, -0.05) is 19.1 Å². The van der Waals surface area contributed by atoms with E-state index in [4.69, 9.17) is 0 Å². The summed E-state index contributed by atoms with van der Waals surface area (Å²) < 4.78 is 1.98. The van der Waals surface area contributed by atoms with Gasteiger partial charge in [0.05, 0.1) is 23.1 Å². The highest BCUT2D eigenvalue weighted by Gasteiger charge is 2.07. The molecule has 0 radical (unpaired) electrons. The highest BCUT2D eigenvalue weighted by Crippen LogP contribution is 2.24. The lowest BCUT2D eigenvalue weighted by molar-refractivity contribution is 0.947. The third-order valence-electron chi connectivity index (χ3n) is 3.40. The van der Waals surface area contributed by atoms with Crippen LogP contribution >= 0.6 is 0 Å². The maximum absolute atomic E-state index is 11.5. The van der Waals surface area contributed by atoms with Crippen molar-refractivity contribution in [1.82, 2.24) is 14.5 Å². The maximum atomic E-state index is 11.5. The van der Waals surface area contributed by atoms with E-state index in [1.807, 2.05) is 35.9 Å². The molecule has 0 bridgehead atoms. The topological polar surface area (TPSA) is 50.7 Å². The van der Waals surface area contributed by atoms with Gasteiger partial charge in [-0.15, -0.1) is 0 Å². The fourth-order valence-electron chi connectivity index (χ4n) is 2.35. The summed E-state index contributed by atoms with van der Waals surface area (Å²) in [5.41, 5.74) is 4.97. The summed E-state index contributed by atoms with van der Waals surface area (Å²) >= 11 is 0. The summed E-state index contributed by atoms with van der Waals surface area (Å²) in [5.74, 6) is 0. The third kappa shape index (κ3) is 1.95. The van der Waals surface area contributed by atoms with Crippen LogP contribution in [0.4, 0.5) is 0 Å². The molecule has 0 aliphatic rings. The quantitative estimate of drug-likeness (QED) is 0.762. The van der Waals surface area contributed by atoms with Crippen molar-refractivity contribution in [2.24, 2.45) is 7.05 Å². The van der Waals surface area contributed by atoms with Gasteiger partial charge in [0.1, 0.15) is 0 Å². The van der Waals surface area contributed by atoms with Crippen molar-refractivity contribution >= 4 is 11.0 Å². The molecule has 0 saturated carbocycles. The largest absolute Gasteiger partial charge is 0.334 e. The Balaban J connectivity index is 2.23. The van der Waals surface area contributed by atoms with Crippen molar-refractivity contribution in [3.05, 3.63) is 52.6 Å². The second-order valence-corrected chi connectivity index (χ2v) is 4.64. The summed E-state index contributed by atoms with van der Waals surface area (Å²) in [6, 6.07) is 9.52.